The summed E-state index contributed by atoms with van der Waals surface area (Å²) in [6, 6.07) is 0. The van der Waals surface area contributed by atoms with Crippen molar-refractivity contribution in [1.29, 1.82) is 0 Å². The van der Waals surface area contributed by atoms with E-state index in [4.69, 9.17) is 0 Å². The fourth-order valence-electron chi connectivity index (χ4n) is 1.63. The minimum Gasteiger partial charge on any atom is -0.297 e. The Kier molecular flexibility index (Phi) is 4.41. The Morgan fingerprint density at radius 2 is 2.00 bits per heavy atom. The van der Waals surface area contributed by atoms with E-state index in [1.165, 1.54) is 6.42 Å². The molecule has 0 N–H and O–H groups in total. The second-order valence-electron chi connectivity index (χ2n) is 3.15. The molecule has 0 atom stereocenters. The molecular weight excluding hydrogens is 175 g/mol. The van der Waals surface area contributed by atoms with Crippen LogP contribution in [0.25, 0.3) is 0 Å². The first-order chi connectivity index (χ1) is 5.84. The zero-order valence-corrected chi connectivity index (χ0v) is 7.89. The van der Waals surface area contributed by atoms with E-state index in [2.05, 4.69) is 4.52 Å². The van der Waals surface area contributed by atoms with Crippen molar-refractivity contribution in [3.05, 3.63) is 0 Å². The van der Waals surface area contributed by atoms with Crippen LogP contribution in [0.15, 0.2) is 0 Å². The highest BCUT2D eigenvalue weighted by atomic mass is 31.1. The van der Waals surface area contributed by atoms with Crippen molar-refractivity contribution in [3.63, 3.8) is 0 Å². The Bertz CT molecular complexity index is 164. The van der Waals surface area contributed by atoms with Gasteiger partial charge >= 0.3 is 8.69 Å². The van der Waals surface area contributed by atoms with Gasteiger partial charge in [-0.3, -0.25) is 9.32 Å². The molecule has 1 aliphatic carbocycles. The van der Waals surface area contributed by atoms with Crippen molar-refractivity contribution in [2.24, 2.45) is 5.92 Å². The van der Waals surface area contributed by atoms with Crippen molar-refractivity contribution >= 4 is 14.5 Å². The van der Waals surface area contributed by atoms with E-state index >= 15 is 0 Å². The summed E-state index contributed by atoms with van der Waals surface area (Å²) in [6.45, 7) is 0.00965. The maximum Gasteiger partial charge on any atom is 0.327 e. The molecule has 68 valence electrons. The van der Waals surface area contributed by atoms with E-state index < -0.39 is 8.69 Å². The molecule has 0 aliphatic heterocycles. The van der Waals surface area contributed by atoms with Gasteiger partial charge < -0.3 is 0 Å². The molecular formula is C8H13O3P. The first-order valence-electron chi connectivity index (χ1n) is 4.32. The zero-order valence-electron chi connectivity index (χ0n) is 6.99. The zero-order chi connectivity index (χ0) is 8.81. The Morgan fingerprint density at radius 1 is 1.33 bits per heavy atom. The van der Waals surface area contributed by atoms with Gasteiger partial charge in [-0.2, -0.15) is 0 Å². The molecule has 4 heteroatoms. The largest absolute Gasteiger partial charge is 0.327 e. The second-order valence-corrected chi connectivity index (χ2v) is 3.56. The number of hydrogen-bond donors (Lipinski definition) is 0. The van der Waals surface area contributed by atoms with E-state index in [1.807, 2.05) is 0 Å². The van der Waals surface area contributed by atoms with Gasteiger partial charge in [0.2, 0.25) is 0 Å². The third-order valence-corrected chi connectivity index (χ3v) is 2.55. The van der Waals surface area contributed by atoms with Crippen molar-refractivity contribution in [3.8, 4) is 0 Å². The lowest BCUT2D eigenvalue weighted by atomic mass is 9.86. The van der Waals surface area contributed by atoms with Gasteiger partial charge in [0.15, 0.2) is 5.78 Å². The van der Waals surface area contributed by atoms with E-state index in [-0.39, 0.29) is 18.3 Å². The van der Waals surface area contributed by atoms with Crippen LogP contribution in [0.1, 0.15) is 32.1 Å². The molecule has 1 saturated carbocycles. The van der Waals surface area contributed by atoms with Crippen LogP contribution in [-0.4, -0.2) is 12.4 Å². The smallest absolute Gasteiger partial charge is 0.297 e. The van der Waals surface area contributed by atoms with E-state index in [0.29, 0.717) is 0 Å². The predicted octanol–water partition coefficient (Wildman–Crippen LogP) is 2.36. The third kappa shape index (κ3) is 3.00. The summed E-state index contributed by atoms with van der Waals surface area (Å²) < 4.78 is 14.4. The fraction of sp³-hybridized carbons (Fsp3) is 0.875. The topological polar surface area (TPSA) is 43.4 Å². The molecule has 0 radical (unpaired) electrons. The summed E-state index contributed by atoms with van der Waals surface area (Å²) in [4.78, 5) is 11.3. The van der Waals surface area contributed by atoms with Gasteiger partial charge in [-0.05, 0) is 12.8 Å². The molecule has 0 unspecified atom stereocenters. The van der Waals surface area contributed by atoms with Crippen LogP contribution in [0.2, 0.25) is 0 Å². The van der Waals surface area contributed by atoms with Crippen LogP contribution >= 0.6 is 8.69 Å². The fourth-order valence-corrected chi connectivity index (χ4v) is 1.81. The normalized spacial score (nSPS) is 19.7. The van der Waals surface area contributed by atoms with Crippen molar-refractivity contribution < 1.29 is 13.9 Å². The summed E-state index contributed by atoms with van der Waals surface area (Å²) in [5.74, 6) is 0.276. The minimum absolute atomic E-state index is 0.00965. The van der Waals surface area contributed by atoms with Crippen LogP contribution in [-0.2, 0) is 13.9 Å². The number of Topliss-reactive ketones (excluding diaryl/α,β-unsaturated/α-hetero) is 1. The molecule has 0 spiro atoms. The van der Waals surface area contributed by atoms with Gasteiger partial charge in [0, 0.05) is 5.92 Å². The number of carbonyl (C=O) groups excluding carboxylic acids is 1. The highest BCUT2D eigenvalue weighted by Crippen LogP contribution is 2.24. The minimum atomic E-state index is -0.391. The molecule has 0 bridgehead atoms. The average Bonchev–Trinajstić information content (AvgIpc) is 2.15. The van der Waals surface area contributed by atoms with Crippen LogP contribution in [0.4, 0.5) is 0 Å². The quantitative estimate of drug-likeness (QED) is 0.636. The maximum atomic E-state index is 11.3. The Hall–Kier alpha value is -0.270. The first-order valence-corrected chi connectivity index (χ1v) is 5.05. The molecule has 0 aromatic heterocycles. The van der Waals surface area contributed by atoms with E-state index in [9.17, 15) is 9.36 Å². The van der Waals surface area contributed by atoms with Crippen molar-refractivity contribution in [2.75, 3.05) is 6.61 Å². The Morgan fingerprint density at radius 3 is 2.58 bits per heavy atom. The lowest BCUT2D eigenvalue weighted by Gasteiger charge is -2.19. The monoisotopic (exact) mass is 188 g/mol. The molecule has 0 aromatic carbocycles. The van der Waals surface area contributed by atoms with Gasteiger partial charge in [-0.25, -0.2) is 4.57 Å². The molecule has 0 saturated heterocycles. The molecule has 0 aromatic rings. The van der Waals surface area contributed by atoms with Crippen molar-refractivity contribution in [2.45, 2.75) is 32.1 Å². The number of rotatable bonds is 4. The summed E-state index contributed by atoms with van der Waals surface area (Å²) >= 11 is 0. The van der Waals surface area contributed by atoms with Gasteiger partial charge in [0.1, 0.15) is 6.61 Å². The number of carbonyl (C=O) groups is 1. The molecule has 3 nitrogen and oxygen atoms in total. The summed E-state index contributed by atoms with van der Waals surface area (Å²) in [5.41, 5.74) is 0. The lowest BCUT2D eigenvalue weighted by Crippen LogP contribution is -2.20. The SMILES string of the molecule is O=POCC(=O)C1CCCCC1. The Labute approximate surface area is 73.8 Å². The lowest BCUT2D eigenvalue weighted by molar-refractivity contribution is -0.125. The first kappa shape index (κ1) is 9.82. The van der Waals surface area contributed by atoms with Crippen LogP contribution < -0.4 is 0 Å². The highest BCUT2D eigenvalue weighted by Gasteiger charge is 2.20. The second kappa shape index (κ2) is 5.39. The third-order valence-electron chi connectivity index (χ3n) is 2.32. The summed E-state index contributed by atoms with van der Waals surface area (Å²) in [6.07, 6.45) is 5.50. The summed E-state index contributed by atoms with van der Waals surface area (Å²) in [5, 5.41) is 0. The van der Waals surface area contributed by atoms with Gasteiger partial charge in [0.25, 0.3) is 0 Å². The van der Waals surface area contributed by atoms with E-state index in [1.54, 1.807) is 0 Å². The summed E-state index contributed by atoms with van der Waals surface area (Å²) in [7, 11) is -0.391. The predicted molar refractivity (Wildman–Crippen MR) is 45.1 cm³/mol. The van der Waals surface area contributed by atoms with Crippen LogP contribution in [0, 0.1) is 5.92 Å². The number of ketones is 1. The molecule has 0 amide bonds. The van der Waals surface area contributed by atoms with Crippen molar-refractivity contribution in [1.82, 2.24) is 0 Å². The maximum absolute atomic E-state index is 11.3. The highest BCUT2D eigenvalue weighted by molar-refractivity contribution is 7.17. The molecule has 12 heavy (non-hydrogen) atoms. The number of hydrogen-bond acceptors (Lipinski definition) is 3. The van der Waals surface area contributed by atoms with Gasteiger partial charge in [0.05, 0.1) is 0 Å². The van der Waals surface area contributed by atoms with E-state index in [0.717, 1.165) is 25.7 Å². The molecule has 0 heterocycles. The average molecular weight is 188 g/mol. The molecule has 1 aliphatic rings. The standard InChI is InChI=1S/C8H13O3P/c9-8(6-11-12-10)7-4-2-1-3-5-7/h7H,1-6H2. The van der Waals surface area contributed by atoms with Gasteiger partial charge in [-0.15, -0.1) is 0 Å². The van der Waals surface area contributed by atoms with Gasteiger partial charge in [-0.1, -0.05) is 19.3 Å². The van der Waals surface area contributed by atoms with Crippen LogP contribution in [0.3, 0.4) is 0 Å². The Balaban J connectivity index is 2.24. The molecule has 1 fully saturated rings. The van der Waals surface area contributed by atoms with Crippen LogP contribution in [0.5, 0.6) is 0 Å². The molecule has 1 rings (SSSR count).